The van der Waals surface area contributed by atoms with Crippen LogP contribution in [0, 0.1) is 5.82 Å². The zero-order valence-electron chi connectivity index (χ0n) is 13.6. The number of aromatic carboxylic acids is 1. The molecule has 3 rings (SSSR count). The highest BCUT2D eigenvalue weighted by atomic mass is 35.5. The Labute approximate surface area is 158 Å². The molecule has 1 N–H and O–H groups in total. The van der Waals surface area contributed by atoms with Crippen LogP contribution in [0.15, 0.2) is 52.9 Å². The lowest BCUT2D eigenvalue weighted by atomic mass is 10.1. The van der Waals surface area contributed by atoms with Gasteiger partial charge in [0, 0.05) is 28.6 Å². The van der Waals surface area contributed by atoms with Crippen LogP contribution in [0.3, 0.4) is 0 Å². The van der Waals surface area contributed by atoms with Crippen molar-refractivity contribution in [2.24, 2.45) is 5.10 Å². The van der Waals surface area contributed by atoms with Gasteiger partial charge in [0.1, 0.15) is 5.82 Å². The molecule has 0 spiro atoms. The lowest BCUT2D eigenvalue weighted by Crippen LogP contribution is -2.10. The number of carboxylic acid groups (broad SMARTS) is 1. The molecule has 2 aromatic carbocycles. The summed E-state index contributed by atoms with van der Waals surface area (Å²) in [7, 11) is 1.69. The molecule has 0 fully saturated rings. The predicted octanol–water partition coefficient (Wildman–Crippen LogP) is 4.77. The molecule has 0 unspecified atom stereocenters. The van der Waals surface area contributed by atoms with E-state index in [4.69, 9.17) is 16.7 Å². The molecule has 0 amide bonds. The van der Waals surface area contributed by atoms with Gasteiger partial charge in [-0.1, -0.05) is 29.8 Å². The van der Waals surface area contributed by atoms with Gasteiger partial charge in [-0.3, -0.25) is 0 Å². The van der Waals surface area contributed by atoms with Gasteiger partial charge in [0.05, 0.1) is 17.5 Å². The van der Waals surface area contributed by atoms with Crippen LogP contribution in [0.4, 0.5) is 9.52 Å². The van der Waals surface area contributed by atoms with E-state index in [1.54, 1.807) is 13.1 Å². The van der Waals surface area contributed by atoms with Crippen LogP contribution in [0.5, 0.6) is 0 Å². The number of hydrazone groups is 1. The Morgan fingerprint density at radius 2 is 2.12 bits per heavy atom. The smallest absolute Gasteiger partial charge is 0.336 e. The topological polar surface area (TPSA) is 65.8 Å². The Bertz CT molecular complexity index is 990. The van der Waals surface area contributed by atoms with E-state index >= 15 is 0 Å². The van der Waals surface area contributed by atoms with Crippen molar-refractivity contribution in [1.29, 1.82) is 0 Å². The van der Waals surface area contributed by atoms with Crippen molar-refractivity contribution in [3.63, 3.8) is 0 Å². The molecule has 132 valence electrons. The minimum Gasteiger partial charge on any atom is -0.478 e. The fourth-order valence-corrected chi connectivity index (χ4v) is 3.21. The minimum atomic E-state index is -1.22. The first-order chi connectivity index (χ1) is 12.5. The van der Waals surface area contributed by atoms with Crippen molar-refractivity contribution >= 4 is 40.3 Å². The fraction of sp³-hybridized carbons (Fsp3) is 0.0556. The van der Waals surface area contributed by atoms with Crippen LogP contribution in [0.25, 0.3) is 11.3 Å². The quantitative estimate of drug-likeness (QED) is 0.504. The third-order valence-corrected chi connectivity index (χ3v) is 4.77. The van der Waals surface area contributed by atoms with Gasteiger partial charge in [-0.15, -0.1) is 11.3 Å². The third kappa shape index (κ3) is 3.89. The molecular weight excluding hydrogens is 377 g/mol. The van der Waals surface area contributed by atoms with Crippen molar-refractivity contribution < 1.29 is 14.3 Å². The standard InChI is InChI=1S/C18H13ClFN3O2S/c1-23(21-9-11-6-7-12(20)8-14(11)17(24)25)18-22-16(10-26-18)13-4-2-3-5-15(13)19/h2-10H,1H3,(H,24,25). The monoisotopic (exact) mass is 389 g/mol. The minimum absolute atomic E-state index is 0.155. The first kappa shape index (κ1) is 18.0. The number of aromatic nitrogens is 1. The predicted molar refractivity (Wildman–Crippen MR) is 102 cm³/mol. The van der Waals surface area contributed by atoms with Crippen LogP contribution >= 0.6 is 22.9 Å². The molecule has 1 heterocycles. The Kier molecular flexibility index (Phi) is 5.29. The summed E-state index contributed by atoms with van der Waals surface area (Å²) < 4.78 is 13.2. The van der Waals surface area contributed by atoms with Crippen molar-refractivity contribution in [3.8, 4) is 11.3 Å². The zero-order chi connectivity index (χ0) is 18.7. The number of carbonyl (C=O) groups is 1. The van der Waals surface area contributed by atoms with E-state index in [9.17, 15) is 9.18 Å². The first-order valence-corrected chi connectivity index (χ1v) is 8.72. The van der Waals surface area contributed by atoms with Gasteiger partial charge in [-0.05, 0) is 24.3 Å². The zero-order valence-corrected chi connectivity index (χ0v) is 15.1. The Balaban J connectivity index is 1.83. The summed E-state index contributed by atoms with van der Waals surface area (Å²) in [5, 5.41) is 18.0. The molecule has 0 bridgehead atoms. The second-order valence-electron chi connectivity index (χ2n) is 5.30. The number of hydrogen-bond donors (Lipinski definition) is 1. The number of nitrogens with zero attached hydrogens (tertiary/aromatic N) is 3. The highest BCUT2D eigenvalue weighted by Gasteiger charge is 2.12. The van der Waals surface area contributed by atoms with Crippen LogP contribution in [0.2, 0.25) is 5.02 Å². The molecule has 0 saturated carbocycles. The number of thiazole rings is 1. The molecule has 0 aliphatic carbocycles. The molecular formula is C18H13ClFN3O2S. The molecule has 1 aromatic heterocycles. The number of benzene rings is 2. The number of hydrogen-bond acceptors (Lipinski definition) is 5. The van der Waals surface area contributed by atoms with Crippen molar-refractivity contribution in [2.45, 2.75) is 0 Å². The van der Waals surface area contributed by atoms with Crippen molar-refractivity contribution in [1.82, 2.24) is 4.98 Å². The molecule has 5 nitrogen and oxygen atoms in total. The van der Waals surface area contributed by atoms with E-state index in [1.807, 2.05) is 23.6 Å². The lowest BCUT2D eigenvalue weighted by Gasteiger charge is -2.08. The van der Waals surface area contributed by atoms with Crippen LogP contribution in [0.1, 0.15) is 15.9 Å². The number of carboxylic acids is 1. The van der Waals surface area contributed by atoms with E-state index in [0.29, 0.717) is 15.7 Å². The number of rotatable bonds is 5. The van der Waals surface area contributed by atoms with Gasteiger partial charge in [-0.2, -0.15) is 5.10 Å². The normalized spacial score (nSPS) is 11.0. The molecule has 0 radical (unpaired) electrons. The molecule has 26 heavy (non-hydrogen) atoms. The van der Waals surface area contributed by atoms with Crippen LogP contribution in [-0.2, 0) is 0 Å². The third-order valence-electron chi connectivity index (χ3n) is 3.53. The number of anilines is 1. The first-order valence-electron chi connectivity index (χ1n) is 7.46. The summed E-state index contributed by atoms with van der Waals surface area (Å²) in [6.45, 7) is 0. The van der Waals surface area contributed by atoms with Crippen LogP contribution < -0.4 is 5.01 Å². The second kappa shape index (κ2) is 7.63. The van der Waals surface area contributed by atoms with Gasteiger partial charge in [-0.25, -0.2) is 19.2 Å². The van der Waals surface area contributed by atoms with Gasteiger partial charge < -0.3 is 5.11 Å². The fourth-order valence-electron chi connectivity index (χ4n) is 2.23. The lowest BCUT2D eigenvalue weighted by molar-refractivity contribution is 0.0696. The van der Waals surface area contributed by atoms with Gasteiger partial charge >= 0.3 is 5.97 Å². The maximum Gasteiger partial charge on any atom is 0.336 e. The summed E-state index contributed by atoms with van der Waals surface area (Å²) in [6, 6.07) is 10.9. The van der Waals surface area contributed by atoms with Crippen LogP contribution in [-0.4, -0.2) is 29.3 Å². The van der Waals surface area contributed by atoms with E-state index in [0.717, 1.165) is 17.3 Å². The average molecular weight is 390 g/mol. The highest BCUT2D eigenvalue weighted by Crippen LogP contribution is 2.31. The molecule has 0 atom stereocenters. The van der Waals surface area contributed by atoms with E-state index in [1.165, 1.54) is 34.7 Å². The van der Waals surface area contributed by atoms with Gasteiger partial charge in [0.25, 0.3) is 0 Å². The number of halogens is 2. The molecule has 0 saturated heterocycles. The molecule has 8 heteroatoms. The summed E-state index contributed by atoms with van der Waals surface area (Å²) in [5.41, 5.74) is 1.69. The largest absolute Gasteiger partial charge is 0.478 e. The maximum absolute atomic E-state index is 13.2. The Morgan fingerprint density at radius 3 is 2.85 bits per heavy atom. The molecule has 0 aliphatic heterocycles. The van der Waals surface area contributed by atoms with Gasteiger partial charge in [0.2, 0.25) is 5.13 Å². The Morgan fingerprint density at radius 1 is 1.35 bits per heavy atom. The summed E-state index contributed by atoms with van der Waals surface area (Å²) in [5.74, 6) is -1.83. The Hall–Kier alpha value is -2.77. The summed E-state index contributed by atoms with van der Waals surface area (Å²) in [6.07, 6.45) is 1.36. The van der Waals surface area contributed by atoms with Crippen molar-refractivity contribution in [2.75, 3.05) is 12.1 Å². The van der Waals surface area contributed by atoms with E-state index in [-0.39, 0.29) is 5.56 Å². The molecule has 3 aromatic rings. The summed E-state index contributed by atoms with van der Waals surface area (Å²) >= 11 is 7.56. The highest BCUT2D eigenvalue weighted by molar-refractivity contribution is 7.14. The molecule has 0 aliphatic rings. The SMILES string of the molecule is CN(N=Cc1ccc(F)cc1C(=O)O)c1nc(-c2ccccc2Cl)cs1. The maximum atomic E-state index is 13.2. The van der Waals surface area contributed by atoms with Crippen molar-refractivity contribution in [3.05, 3.63) is 69.8 Å². The van der Waals surface area contributed by atoms with E-state index < -0.39 is 11.8 Å². The van der Waals surface area contributed by atoms with Gasteiger partial charge in [0.15, 0.2) is 0 Å². The second-order valence-corrected chi connectivity index (χ2v) is 6.54. The average Bonchev–Trinajstić information content (AvgIpc) is 3.10. The summed E-state index contributed by atoms with van der Waals surface area (Å²) in [4.78, 5) is 15.7. The van der Waals surface area contributed by atoms with E-state index in [2.05, 4.69) is 10.1 Å².